The van der Waals surface area contributed by atoms with E-state index < -0.39 is 16.4 Å². The first kappa shape index (κ1) is 47.9. The van der Waals surface area contributed by atoms with Crippen LogP contribution in [-0.2, 0) is 45.4 Å². The molecular formula is C54H68O7Si2. The predicted molar refractivity (Wildman–Crippen MR) is 261 cm³/mol. The van der Waals surface area contributed by atoms with E-state index in [1.807, 2.05) is 73.8 Å². The summed E-state index contributed by atoms with van der Waals surface area (Å²) in [6, 6.07) is 47.8. The summed E-state index contributed by atoms with van der Waals surface area (Å²) in [5, 5.41) is 1.52. The molecule has 0 fully saturated rings. The molecule has 7 nitrogen and oxygen atoms in total. The van der Waals surface area contributed by atoms with Gasteiger partial charge in [0.1, 0.15) is 11.5 Å². The van der Waals surface area contributed by atoms with Gasteiger partial charge in [-0.2, -0.15) is 0 Å². The number of allylic oxidation sites excluding steroid dienone is 2. The molecule has 0 saturated carbocycles. The van der Waals surface area contributed by atoms with E-state index in [0.717, 1.165) is 42.1 Å². The van der Waals surface area contributed by atoms with Crippen molar-refractivity contribution in [2.75, 3.05) is 40.6 Å². The van der Waals surface area contributed by atoms with Crippen molar-refractivity contribution >= 4 is 21.6 Å². The molecule has 0 spiro atoms. The number of methoxy groups -OCH3 is 2. The lowest BCUT2D eigenvalue weighted by Gasteiger charge is -2.36. The average Bonchev–Trinajstić information content (AvgIpc) is 3.92. The minimum Gasteiger partial charge on any atom is -0.497 e. The predicted octanol–water partition coefficient (Wildman–Crippen LogP) is 11.3. The topological polar surface area (TPSA) is 75.6 Å². The Morgan fingerprint density at radius 1 is 0.444 bits per heavy atom. The highest BCUT2D eigenvalue weighted by atomic mass is 28.4. The van der Waals surface area contributed by atoms with Gasteiger partial charge in [-0.3, -0.25) is 0 Å². The van der Waals surface area contributed by atoms with E-state index >= 15 is 0 Å². The average molecular weight is 885 g/mol. The molecular weight excluding hydrogens is 817 g/mol. The number of hydrogen-bond donors (Lipinski definition) is 1. The fourth-order valence-corrected chi connectivity index (χ4v) is 14.4. The first-order chi connectivity index (χ1) is 30.5. The van der Waals surface area contributed by atoms with Crippen LogP contribution in [0.5, 0.6) is 11.5 Å². The third-order valence-corrected chi connectivity index (χ3v) is 19.5. The van der Waals surface area contributed by atoms with E-state index in [0.29, 0.717) is 57.7 Å². The molecule has 0 aliphatic heterocycles. The van der Waals surface area contributed by atoms with E-state index in [9.17, 15) is 4.80 Å². The lowest BCUT2D eigenvalue weighted by atomic mass is 10.0. The lowest BCUT2D eigenvalue weighted by molar-refractivity contribution is 0.0834. The molecule has 0 amide bonds. The molecule has 0 radical (unpaired) electrons. The molecule has 63 heavy (non-hydrogen) atoms. The summed E-state index contributed by atoms with van der Waals surface area (Å²) in [6.07, 6.45) is 6.69. The molecule has 5 aromatic carbocycles. The first-order valence-electron chi connectivity index (χ1n) is 22.4. The molecule has 2 aliphatic carbocycles. The molecule has 334 valence electrons. The largest absolute Gasteiger partial charge is 0.497 e. The van der Waals surface area contributed by atoms with E-state index in [-0.39, 0.29) is 11.5 Å². The van der Waals surface area contributed by atoms with Crippen LogP contribution in [0.25, 0.3) is 0 Å². The van der Waals surface area contributed by atoms with Gasteiger partial charge in [-0.05, 0) is 94.7 Å². The van der Waals surface area contributed by atoms with Crippen LogP contribution in [0.15, 0.2) is 163 Å². The summed E-state index contributed by atoms with van der Waals surface area (Å²) in [7, 11) is -0.613. The van der Waals surface area contributed by atoms with Gasteiger partial charge in [0.15, 0.2) is 8.32 Å². The van der Waals surface area contributed by atoms with Crippen molar-refractivity contribution in [2.24, 2.45) is 11.8 Å². The van der Waals surface area contributed by atoms with Crippen LogP contribution < -0.4 is 14.7 Å². The molecule has 0 aromatic heterocycles. The highest BCUT2D eigenvalue weighted by molar-refractivity contribution is 6.91. The van der Waals surface area contributed by atoms with Crippen molar-refractivity contribution in [3.05, 3.63) is 185 Å². The maximum atomic E-state index is 10.8. The first-order valence-corrected chi connectivity index (χ1v) is 28.5. The third-order valence-electron chi connectivity index (χ3n) is 12.8. The highest BCUT2D eigenvalue weighted by Gasteiger charge is 2.43. The SMILES string of the molecule is COc1ccc(COCC2=CCC([Si](C)(C)O)[C@H]2COCc2ccccc2)cc1.COc1ccc(COCC2=CCC([Si](C)(C)c3ccccc3)[C@H]2COCc2ccccc2)cc1. The van der Waals surface area contributed by atoms with Crippen LogP contribution in [0.1, 0.15) is 35.1 Å². The Balaban J connectivity index is 0.000000213. The summed E-state index contributed by atoms with van der Waals surface area (Å²) in [4.78, 5) is 10.8. The van der Waals surface area contributed by atoms with Crippen molar-refractivity contribution in [1.82, 2.24) is 0 Å². The van der Waals surface area contributed by atoms with Crippen molar-refractivity contribution in [2.45, 2.75) is 76.5 Å². The third kappa shape index (κ3) is 14.2. The normalized spacial score (nSPS) is 18.6. The number of hydrogen-bond acceptors (Lipinski definition) is 7. The molecule has 2 aliphatic rings. The maximum absolute atomic E-state index is 10.8. The second-order valence-corrected chi connectivity index (χ2v) is 26.7. The summed E-state index contributed by atoms with van der Waals surface area (Å²) in [5.74, 6) is 2.33. The fourth-order valence-electron chi connectivity index (χ4n) is 8.92. The zero-order chi connectivity index (χ0) is 44.5. The molecule has 9 heteroatoms. The van der Waals surface area contributed by atoms with Crippen LogP contribution in [0.2, 0.25) is 37.3 Å². The summed E-state index contributed by atoms with van der Waals surface area (Å²) >= 11 is 0. The van der Waals surface area contributed by atoms with Crippen molar-refractivity contribution in [3.63, 3.8) is 0 Å². The minimum atomic E-state index is -2.27. The molecule has 0 bridgehead atoms. The van der Waals surface area contributed by atoms with Gasteiger partial charge in [0.05, 0.1) is 75.1 Å². The Morgan fingerprint density at radius 3 is 1.22 bits per heavy atom. The molecule has 4 atom stereocenters. The number of benzene rings is 5. The maximum Gasteiger partial charge on any atom is 0.186 e. The van der Waals surface area contributed by atoms with Gasteiger partial charge in [-0.15, -0.1) is 0 Å². The number of ether oxygens (including phenoxy) is 6. The Morgan fingerprint density at radius 2 is 0.810 bits per heavy atom. The summed E-state index contributed by atoms with van der Waals surface area (Å²) in [6.45, 7) is 14.1. The molecule has 0 heterocycles. The summed E-state index contributed by atoms with van der Waals surface area (Å²) < 4.78 is 35.0. The van der Waals surface area contributed by atoms with E-state index in [1.165, 1.54) is 27.5 Å². The Labute approximate surface area is 378 Å². The van der Waals surface area contributed by atoms with Crippen LogP contribution in [0.4, 0.5) is 0 Å². The zero-order valence-electron chi connectivity index (χ0n) is 38.2. The Hall–Kier alpha value is -4.59. The fraction of sp³-hybridized carbons (Fsp3) is 0.370. The smallest absolute Gasteiger partial charge is 0.186 e. The van der Waals surface area contributed by atoms with Gasteiger partial charge in [0, 0.05) is 11.8 Å². The second-order valence-electron chi connectivity index (χ2n) is 17.9. The van der Waals surface area contributed by atoms with Crippen molar-refractivity contribution < 1.29 is 33.2 Å². The van der Waals surface area contributed by atoms with Gasteiger partial charge < -0.3 is 33.2 Å². The zero-order valence-corrected chi connectivity index (χ0v) is 40.2. The van der Waals surface area contributed by atoms with Crippen LogP contribution in [-0.4, -0.2) is 61.8 Å². The van der Waals surface area contributed by atoms with E-state index in [1.54, 1.807) is 14.2 Å². The van der Waals surface area contributed by atoms with E-state index in [2.05, 4.69) is 104 Å². The quantitative estimate of drug-likeness (QED) is 0.0581. The van der Waals surface area contributed by atoms with Crippen LogP contribution in [0, 0.1) is 11.8 Å². The minimum absolute atomic E-state index is 0.223. The molecule has 7 rings (SSSR count). The summed E-state index contributed by atoms with van der Waals surface area (Å²) in [5.41, 5.74) is 8.20. The lowest BCUT2D eigenvalue weighted by Crippen LogP contribution is -2.48. The van der Waals surface area contributed by atoms with Crippen molar-refractivity contribution in [1.29, 1.82) is 0 Å². The van der Waals surface area contributed by atoms with Gasteiger partial charge in [-0.25, -0.2) is 0 Å². The van der Waals surface area contributed by atoms with Gasteiger partial charge >= 0.3 is 0 Å². The number of rotatable bonds is 21. The molecule has 5 aromatic rings. The molecule has 2 unspecified atom stereocenters. The Kier molecular flexibility index (Phi) is 18.2. The Bertz CT molecular complexity index is 2130. The van der Waals surface area contributed by atoms with Crippen LogP contribution >= 0.6 is 0 Å². The van der Waals surface area contributed by atoms with Crippen LogP contribution in [0.3, 0.4) is 0 Å². The van der Waals surface area contributed by atoms with Gasteiger partial charge in [-0.1, -0.05) is 146 Å². The van der Waals surface area contributed by atoms with Crippen molar-refractivity contribution in [3.8, 4) is 11.5 Å². The highest BCUT2D eigenvalue weighted by Crippen LogP contribution is 2.44. The monoisotopic (exact) mass is 884 g/mol. The van der Waals surface area contributed by atoms with Gasteiger partial charge in [0.25, 0.3) is 0 Å². The standard InChI is InChI=1S/C30H36O3Si.C24H32O4Si/c1-31-27-17-14-25(15-18-27)21-32-22-26-16-19-30(34(2,3)28-12-8-5-9-13-28)29(26)23-33-20-24-10-6-4-7-11-24;1-26-22-12-9-20(10-13-22)16-27-17-21-11-14-24(29(2,3)25)23(21)18-28-15-19-7-5-4-6-8-19/h4-18,29-30H,19-23H2,1-3H3;4-13,23-25H,14-18H2,1-3H3/t29-,30?;23-,24?/m00/s1. The van der Waals surface area contributed by atoms with E-state index in [4.69, 9.17) is 28.4 Å². The second kappa shape index (κ2) is 23.9. The molecule has 0 saturated heterocycles. The molecule has 1 N–H and O–H groups in total. The van der Waals surface area contributed by atoms with Gasteiger partial charge in [0.2, 0.25) is 0 Å².